The van der Waals surface area contributed by atoms with Crippen LogP contribution in [-0.2, 0) is 11.4 Å². The molecule has 0 bridgehead atoms. The van der Waals surface area contributed by atoms with E-state index in [9.17, 15) is 4.79 Å². The Balaban J connectivity index is 1.84. The fourth-order valence-corrected chi connectivity index (χ4v) is 1.43. The fraction of sp³-hybridized carbons (Fsp3) is 0.0769. The molecule has 1 amide bonds. The third kappa shape index (κ3) is 3.55. The molecule has 0 saturated heterocycles. The molecule has 1 N–H and O–H groups in total. The van der Waals surface area contributed by atoms with E-state index in [2.05, 4.69) is 10.5 Å². The Bertz CT molecular complexity index is 514. The summed E-state index contributed by atoms with van der Waals surface area (Å²) in [5.41, 5.74) is 3.55. The van der Waals surface area contributed by atoms with Gasteiger partial charge in [-0.05, 0) is 17.7 Å². The van der Waals surface area contributed by atoms with Gasteiger partial charge in [-0.2, -0.15) is 0 Å². The molecule has 92 valence electrons. The number of halogens is 1. The first-order valence-electron chi connectivity index (χ1n) is 5.33. The lowest BCUT2D eigenvalue weighted by Gasteiger charge is -2.05. The number of nitrogens with zero attached hydrogens (tertiary/aromatic N) is 1. The van der Waals surface area contributed by atoms with Crippen molar-refractivity contribution in [1.29, 1.82) is 0 Å². The molecular formula is C13H11ClN2O2. The zero-order valence-electron chi connectivity index (χ0n) is 9.47. The highest BCUT2D eigenvalue weighted by Gasteiger charge is 2.06. The van der Waals surface area contributed by atoms with E-state index in [0.717, 1.165) is 5.56 Å². The largest absolute Gasteiger partial charge is 0.293 e. The highest BCUT2D eigenvalue weighted by molar-refractivity contribution is 6.30. The Morgan fingerprint density at radius 1 is 1.22 bits per heavy atom. The molecule has 0 atom stereocenters. The van der Waals surface area contributed by atoms with E-state index in [1.54, 1.807) is 6.07 Å². The summed E-state index contributed by atoms with van der Waals surface area (Å²) in [6.07, 6.45) is 1.41. The molecule has 0 aliphatic heterocycles. The van der Waals surface area contributed by atoms with Crippen molar-refractivity contribution < 1.29 is 9.63 Å². The van der Waals surface area contributed by atoms with Crippen LogP contribution >= 0.6 is 11.6 Å². The number of carbonyl (C=O) groups excluding carboxylic acids is 1. The summed E-state index contributed by atoms with van der Waals surface area (Å²) >= 11 is 5.68. The second-order valence-corrected chi connectivity index (χ2v) is 4.00. The maximum Gasteiger partial charge on any atom is 0.293 e. The SMILES string of the molecule is O=C(NOCc1ccccc1)c1ccc(Cl)cn1. The van der Waals surface area contributed by atoms with Gasteiger partial charge in [0, 0.05) is 6.20 Å². The summed E-state index contributed by atoms with van der Waals surface area (Å²) in [4.78, 5) is 20.6. The van der Waals surface area contributed by atoms with Gasteiger partial charge in [0.15, 0.2) is 0 Å². The summed E-state index contributed by atoms with van der Waals surface area (Å²) < 4.78 is 0. The average molecular weight is 263 g/mol. The maximum atomic E-state index is 11.6. The molecule has 0 aliphatic rings. The Morgan fingerprint density at radius 3 is 2.67 bits per heavy atom. The minimum atomic E-state index is -0.400. The van der Waals surface area contributed by atoms with Gasteiger partial charge in [-0.25, -0.2) is 10.5 Å². The molecule has 0 saturated carbocycles. The van der Waals surface area contributed by atoms with Crippen LogP contribution in [0.15, 0.2) is 48.7 Å². The number of benzene rings is 1. The molecule has 5 heteroatoms. The number of rotatable bonds is 4. The van der Waals surface area contributed by atoms with Crippen molar-refractivity contribution in [1.82, 2.24) is 10.5 Å². The molecule has 1 aromatic carbocycles. The zero-order chi connectivity index (χ0) is 12.8. The lowest BCUT2D eigenvalue weighted by Crippen LogP contribution is -2.24. The molecule has 1 heterocycles. The predicted molar refractivity (Wildman–Crippen MR) is 67.9 cm³/mol. The third-order valence-corrected chi connectivity index (χ3v) is 2.43. The van der Waals surface area contributed by atoms with Gasteiger partial charge in [0.05, 0.1) is 11.6 Å². The topological polar surface area (TPSA) is 51.2 Å². The Morgan fingerprint density at radius 2 is 2.00 bits per heavy atom. The first kappa shape index (κ1) is 12.5. The van der Waals surface area contributed by atoms with Crippen LogP contribution in [0.4, 0.5) is 0 Å². The van der Waals surface area contributed by atoms with Crippen LogP contribution in [0.3, 0.4) is 0 Å². The molecule has 0 aliphatic carbocycles. The molecular weight excluding hydrogens is 252 g/mol. The number of nitrogens with one attached hydrogen (secondary N) is 1. The highest BCUT2D eigenvalue weighted by Crippen LogP contribution is 2.06. The molecule has 0 spiro atoms. The van der Waals surface area contributed by atoms with E-state index in [0.29, 0.717) is 11.6 Å². The number of hydroxylamine groups is 1. The van der Waals surface area contributed by atoms with Crippen molar-refractivity contribution in [3.05, 3.63) is 64.9 Å². The molecule has 2 rings (SSSR count). The third-order valence-electron chi connectivity index (χ3n) is 2.21. The van der Waals surface area contributed by atoms with E-state index < -0.39 is 5.91 Å². The molecule has 1 aromatic heterocycles. The van der Waals surface area contributed by atoms with Crippen LogP contribution in [0.25, 0.3) is 0 Å². The molecule has 18 heavy (non-hydrogen) atoms. The average Bonchev–Trinajstić information content (AvgIpc) is 2.40. The number of pyridine rings is 1. The molecule has 0 unspecified atom stereocenters. The number of carbonyl (C=O) groups is 1. The predicted octanol–water partition coefficient (Wildman–Crippen LogP) is 2.60. The van der Waals surface area contributed by atoms with E-state index in [4.69, 9.17) is 16.4 Å². The van der Waals surface area contributed by atoms with Crippen molar-refractivity contribution in [3.8, 4) is 0 Å². The Hall–Kier alpha value is -1.91. The van der Waals surface area contributed by atoms with E-state index >= 15 is 0 Å². The summed E-state index contributed by atoms with van der Waals surface area (Å²) in [5, 5.41) is 0.483. The summed E-state index contributed by atoms with van der Waals surface area (Å²) in [6.45, 7) is 0.306. The smallest absolute Gasteiger partial charge is 0.269 e. The highest BCUT2D eigenvalue weighted by atomic mass is 35.5. The number of amides is 1. The van der Waals surface area contributed by atoms with Crippen LogP contribution in [0.5, 0.6) is 0 Å². The molecule has 0 radical (unpaired) electrons. The summed E-state index contributed by atoms with van der Waals surface area (Å²) in [7, 11) is 0. The van der Waals surface area contributed by atoms with E-state index in [1.165, 1.54) is 12.3 Å². The normalized spacial score (nSPS) is 10.1. The van der Waals surface area contributed by atoms with Crippen molar-refractivity contribution in [2.45, 2.75) is 6.61 Å². The number of hydrogen-bond acceptors (Lipinski definition) is 3. The van der Waals surface area contributed by atoms with Gasteiger partial charge in [-0.3, -0.25) is 9.63 Å². The monoisotopic (exact) mass is 262 g/mol. The Labute approximate surface area is 110 Å². The molecule has 0 fully saturated rings. The second kappa shape index (κ2) is 6.14. The van der Waals surface area contributed by atoms with Gasteiger partial charge in [-0.15, -0.1) is 0 Å². The van der Waals surface area contributed by atoms with Gasteiger partial charge < -0.3 is 0 Å². The summed E-state index contributed by atoms with van der Waals surface area (Å²) in [5.74, 6) is -0.400. The zero-order valence-corrected chi connectivity index (χ0v) is 10.2. The molecule has 4 nitrogen and oxygen atoms in total. The Kier molecular flexibility index (Phi) is 4.28. The lowest BCUT2D eigenvalue weighted by atomic mass is 10.2. The fourth-order valence-electron chi connectivity index (χ4n) is 1.32. The minimum absolute atomic E-state index is 0.257. The standard InChI is InChI=1S/C13H11ClN2O2/c14-11-6-7-12(15-8-11)13(17)16-18-9-10-4-2-1-3-5-10/h1-8H,9H2,(H,16,17). The van der Waals surface area contributed by atoms with Crippen molar-refractivity contribution in [2.24, 2.45) is 0 Å². The van der Waals surface area contributed by atoms with Crippen molar-refractivity contribution in [3.63, 3.8) is 0 Å². The number of hydrogen-bond donors (Lipinski definition) is 1. The maximum absolute atomic E-state index is 11.6. The van der Waals surface area contributed by atoms with Crippen LogP contribution in [0, 0.1) is 0 Å². The van der Waals surface area contributed by atoms with Crippen LogP contribution in [0.1, 0.15) is 16.1 Å². The van der Waals surface area contributed by atoms with E-state index in [1.807, 2.05) is 30.3 Å². The van der Waals surface area contributed by atoms with Gasteiger partial charge in [0.2, 0.25) is 0 Å². The van der Waals surface area contributed by atoms with Crippen LogP contribution in [-0.4, -0.2) is 10.9 Å². The van der Waals surface area contributed by atoms with E-state index in [-0.39, 0.29) is 5.69 Å². The van der Waals surface area contributed by atoms with Crippen molar-refractivity contribution in [2.75, 3.05) is 0 Å². The lowest BCUT2D eigenvalue weighted by molar-refractivity contribution is 0.0229. The summed E-state index contributed by atoms with van der Waals surface area (Å²) in [6, 6.07) is 12.7. The van der Waals surface area contributed by atoms with Gasteiger partial charge >= 0.3 is 0 Å². The minimum Gasteiger partial charge on any atom is -0.269 e. The first-order valence-corrected chi connectivity index (χ1v) is 5.71. The van der Waals surface area contributed by atoms with Crippen molar-refractivity contribution >= 4 is 17.5 Å². The second-order valence-electron chi connectivity index (χ2n) is 3.57. The molecule has 2 aromatic rings. The van der Waals surface area contributed by atoms with Crippen LogP contribution in [0.2, 0.25) is 5.02 Å². The number of aromatic nitrogens is 1. The van der Waals surface area contributed by atoms with Gasteiger partial charge in [-0.1, -0.05) is 41.9 Å². The quantitative estimate of drug-likeness (QED) is 0.862. The van der Waals surface area contributed by atoms with Gasteiger partial charge in [0.1, 0.15) is 5.69 Å². The first-order chi connectivity index (χ1) is 8.75. The van der Waals surface area contributed by atoms with Crippen LogP contribution < -0.4 is 5.48 Å². The van der Waals surface area contributed by atoms with Gasteiger partial charge in [0.25, 0.3) is 5.91 Å².